The van der Waals surface area contributed by atoms with Crippen molar-refractivity contribution in [3.63, 3.8) is 0 Å². The number of fused-ring (bicyclic) bond motifs is 1. The first kappa shape index (κ1) is 76.7. The van der Waals surface area contributed by atoms with Crippen LogP contribution in [0.25, 0.3) is 11.2 Å². The molecule has 0 spiro atoms. The maximum absolute atomic E-state index is 12.8. The summed E-state index contributed by atoms with van der Waals surface area (Å²) in [7, 11) is -16.5. The Balaban J connectivity index is 1.14. The molecule has 2 aromatic heterocycles. The van der Waals surface area contributed by atoms with Gasteiger partial charge in [-0.05, 0) is 51.4 Å². The number of aliphatic hydroxyl groups excluding tert-OH is 3. The minimum atomic E-state index is -5.60. The van der Waals surface area contributed by atoms with Crippen molar-refractivity contribution in [2.45, 2.75) is 224 Å². The third kappa shape index (κ3) is 33.3. The summed E-state index contributed by atoms with van der Waals surface area (Å²) in [5.41, 5.74) is 4.27. The van der Waals surface area contributed by atoms with E-state index in [-0.39, 0.29) is 53.8 Å². The third-order valence-electron chi connectivity index (χ3n) is 14.0. The molecule has 490 valence electrons. The number of phosphoric acid groups is 3. The number of aromatic nitrogens is 4. The lowest BCUT2D eigenvalue weighted by molar-refractivity contribution is -0.137. The normalized spacial score (nSPS) is 19.0. The van der Waals surface area contributed by atoms with Crippen molar-refractivity contribution in [3.8, 4) is 0 Å². The van der Waals surface area contributed by atoms with Gasteiger partial charge in [0.05, 0.1) is 25.6 Å². The van der Waals surface area contributed by atoms with Gasteiger partial charge in [-0.1, -0.05) is 184 Å². The molecule has 0 aliphatic carbocycles. The number of thioether (sulfide) groups is 1. The Labute approximate surface area is 511 Å². The number of aliphatic hydroxyl groups is 3. The number of rotatable bonds is 49. The van der Waals surface area contributed by atoms with Gasteiger partial charge in [0, 0.05) is 37.1 Å². The molecule has 86 heavy (non-hydrogen) atoms. The minimum absolute atomic E-state index is 0.0211. The molecule has 0 saturated carbocycles. The summed E-state index contributed by atoms with van der Waals surface area (Å²) in [6.45, 7) is 2.64. The first-order chi connectivity index (χ1) is 40.9. The number of anilines is 1. The average molecular weight is 1290 g/mol. The molecule has 1 saturated heterocycles. The van der Waals surface area contributed by atoms with E-state index in [2.05, 4.69) is 90.0 Å². The second-order valence-electron chi connectivity index (χ2n) is 22.1. The lowest BCUT2D eigenvalue weighted by Gasteiger charge is -2.30. The number of carbonyl (C=O) groups excluding carboxylic acids is 3. The number of allylic oxidation sites excluding steroid dienone is 8. The Hall–Kier alpha value is -3.52. The molecule has 3 heterocycles. The molecule has 2 aromatic rings. The number of phosphoric ester groups is 3. The van der Waals surface area contributed by atoms with Crippen LogP contribution in [0, 0.1) is 5.41 Å². The van der Waals surface area contributed by atoms with Gasteiger partial charge in [0.2, 0.25) is 11.8 Å². The number of imidazole rings is 1. The predicted octanol–water partition coefficient (Wildman–Crippen LogP) is 10.0. The smallest absolute Gasteiger partial charge is 0.393 e. The summed E-state index contributed by atoms with van der Waals surface area (Å²) in [6.07, 6.45) is 38.9. The fourth-order valence-corrected chi connectivity index (χ4v) is 12.7. The fraction of sp³-hybridized carbons (Fsp3) is 0.719. The summed E-state index contributed by atoms with van der Waals surface area (Å²) in [4.78, 5) is 88.9. The zero-order valence-corrected chi connectivity index (χ0v) is 53.9. The highest BCUT2D eigenvalue weighted by molar-refractivity contribution is 8.13. The molecule has 2 amide bonds. The molecule has 1 aliphatic heterocycles. The summed E-state index contributed by atoms with van der Waals surface area (Å²) in [5.74, 6) is -1.22. The Kier molecular flexibility index (Phi) is 37.9. The molecule has 1 aliphatic rings. The largest absolute Gasteiger partial charge is 0.481 e. The first-order valence-electron chi connectivity index (χ1n) is 30.3. The molecule has 11 N–H and O–H groups in total. The molecule has 29 heteroatoms. The number of carbonyl (C=O) groups is 3. The molecule has 8 atom stereocenters. The van der Waals surface area contributed by atoms with E-state index in [9.17, 15) is 63.0 Å². The van der Waals surface area contributed by atoms with Gasteiger partial charge in [0.25, 0.3) is 0 Å². The van der Waals surface area contributed by atoms with Gasteiger partial charge in [-0.15, -0.1) is 0 Å². The van der Waals surface area contributed by atoms with Crippen LogP contribution in [-0.2, 0) is 50.7 Å². The second kappa shape index (κ2) is 42.5. The van der Waals surface area contributed by atoms with Crippen molar-refractivity contribution < 1.29 is 85.6 Å². The molecule has 0 bridgehead atoms. The monoisotopic (exact) mass is 1290 g/mol. The van der Waals surface area contributed by atoms with Gasteiger partial charge in [0.15, 0.2) is 22.8 Å². The van der Waals surface area contributed by atoms with Crippen molar-refractivity contribution in [2.75, 3.05) is 37.8 Å². The van der Waals surface area contributed by atoms with Gasteiger partial charge in [-0.2, -0.15) is 4.31 Å². The maximum Gasteiger partial charge on any atom is 0.481 e. The molecule has 25 nitrogen and oxygen atoms in total. The van der Waals surface area contributed by atoms with Crippen molar-refractivity contribution >= 4 is 69.1 Å². The topological polar surface area (TPSA) is 384 Å². The van der Waals surface area contributed by atoms with Gasteiger partial charge < -0.3 is 56.0 Å². The van der Waals surface area contributed by atoms with Crippen LogP contribution in [0.15, 0.2) is 61.3 Å². The number of nitrogens with two attached hydrogens (primary N) is 1. The number of hydrogen-bond acceptors (Lipinski definition) is 19. The van der Waals surface area contributed by atoms with Gasteiger partial charge in [-0.25, -0.2) is 28.6 Å². The summed E-state index contributed by atoms with van der Waals surface area (Å²) >= 11 is 1.00. The Morgan fingerprint density at radius 2 is 1.28 bits per heavy atom. The van der Waals surface area contributed by atoms with E-state index in [4.69, 9.17) is 19.5 Å². The number of hydrogen-bond donors (Lipinski definition) is 10. The number of nitrogens with one attached hydrogen (secondary N) is 2. The number of unbranched alkanes of at least 4 members (excludes halogenated alkanes) is 18. The van der Waals surface area contributed by atoms with Crippen molar-refractivity contribution in [1.29, 1.82) is 0 Å². The van der Waals surface area contributed by atoms with E-state index in [0.717, 1.165) is 67.5 Å². The third-order valence-corrected chi connectivity index (χ3v) is 18.0. The Morgan fingerprint density at radius 1 is 0.744 bits per heavy atom. The fourth-order valence-electron chi connectivity index (χ4n) is 9.15. The highest BCUT2D eigenvalue weighted by Crippen LogP contribution is 2.61. The Bertz CT molecular complexity index is 2550. The van der Waals surface area contributed by atoms with Crippen LogP contribution in [-0.4, -0.2) is 134 Å². The summed E-state index contributed by atoms with van der Waals surface area (Å²) in [5, 5.41) is 36.9. The van der Waals surface area contributed by atoms with Crippen LogP contribution in [0.4, 0.5) is 5.82 Å². The standard InChI is InChI=1S/C57H98N7O18P3S/c1-4-5-6-7-8-9-10-11-12-13-14-15-16-17-18-19-20-21-22-23-24-25-26-27-28-29-30-31-32-33-34-35-45(65)40-48(67)86-39-38-59-47(66)36-37-60-55(70)52(69)57(2,3)42-79-85(76,77)82-84(74,75)78-41-46-51(81-83(71,72)73)50(68)56(80-46)64-44-63-49-53(58)61-43-62-54(49)64/h8-9,11-12,14-15,17-18,43-46,50-52,56,65,68-69H,4-7,10,13,16,19-42H2,1-3H3,(H,59,66)(H,60,70)(H,74,75)(H,76,77)(H2,58,61,62)(H2,71,72,73)/b9-8-,12-11-,15-14-,18-17-/t45-,46-,50-,51-,52+,56-/m1/s1. The van der Waals surface area contributed by atoms with E-state index in [1.54, 1.807) is 0 Å². The van der Waals surface area contributed by atoms with E-state index in [0.29, 0.717) is 6.42 Å². The zero-order chi connectivity index (χ0) is 63.3. The highest BCUT2D eigenvalue weighted by atomic mass is 32.2. The number of nitrogen functional groups attached to an aromatic ring is 1. The molecular formula is C57H98N7O18P3S. The van der Waals surface area contributed by atoms with Gasteiger partial charge in [-0.3, -0.25) is 32.5 Å². The second-order valence-corrected chi connectivity index (χ2v) is 27.5. The van der Waals surface area contributed by atoms with E-state index in [1.165, 1.54) is 123 Å². The maximum atomic E-state index is 12.8. The SMILES string of the molecule is CCCCC/C=C\C/C=C\C/C=C\C/C=C\CCCCCCCCCCCCCCCCC[C@@H](O)CC(=O)SCCNC(=O)CCNC(=O)[C@H](O)C(C)(C)COP(=O)(O)OP(=O)(O)OC[C@H]1O[C@@H](n2cnc3c(N)ncnc32)[C@H](O)[C@@H]1OP(=O)(O)O. The highest BCUT2D eigenvalue weighted by Gasteiger charge is 2.50. The van der Waals surface area contributed by atoms with Gasteiger partial charge in [0.1, 0.15) is 36.3 Å². The van der Waals surface area contributed by atoms with Crippen LogP contribution in [0.3, 0.4) is 0 Å². The zero-order valence-electron chi connectivity index (χ0n) is 50.4. The quantitative estimate of drug-likeness (QED) is 0.0167. The predicted molar refractivity (Wildman–Crippen MR) is 331 cm³/mol. The molecule has 1 fully saturated rings. The molecule has 3 rings (SSSR count). The summed E-state index contributed by atoms with van der Waals surface area (Å²) < 4.78 is 62.6. The van der Waals surface area contributed by atoms with Crippen molar-refractivity contribution in [2.24, 2.45) is 5.41 Å². The van der Waals surface area contributed by atoms with E-state index in [1.807, 2.05) is 0 Å². The van der Waals surface area contributed by atoms with Crippen LogP contribution >= 0.6 is 35.2 Å². The lowest BCUT2D eigenvalue weighted by Crippen LogP contribution is -2.46. The average Bonchev–Trinajstić information content (AvgIpc) is 1.67. The van der Waals surface area contributed by atoms with E-state index < -0.39 is 90.7 Å². The molecule has 0 radical (unpaired) electrons. The van der Waals surface area contributed by atoms with Crippen LogP contribution in [0.2, 0.25) is 0 Å². The van der Waals surface area contributed by atoms with Crippen molar-refractivity contribution in [3.05, 3.63) is 61.3 Å². The molecular weight excluding hydrogens is 1200 g/mol. The minimum Gasteiger partial charge on any atom is -0.393 e. The van der Waals surface area contributed by atoms with Crippen molar-refractivity contribution in [1.82, 2.24) is 30.2 Å². The molecule has 2 unspecified atom stereocenters. The summed E-state index contributed by atoms with van der Waals surface area (Å²) in [6, 6.07) is 0. The number of ether oxygens (including phenoxy) is 1. The van der Waals surface area contributed by atoms with Crippen LogP contribution in [0.5, 0.6) is 0 Å². The number of amides is 2. The van der Waals surface area contributed by atoms with Gasteiger partial charge >= 0.3 is 23.5 Å². The van der Waals surface area contributed by atoms with Crippen LogP contribution < -0.4 is 16.4 Å². The molecule has 0 aromatic carbocycles. The Morgan fingerprint density at radius 3 is 1.85 bits per heavy atom. The van der Waals surface area contributed by atoms with E-state index >= 15 is 0 Å². The van der Waals surface area contributed by atoms with Crippen LogP contribution in [0.1, 0.15) is 194 Å². The first-order valence-corrected chi connectivity index (χ1v) is 35.8. The number of nitrogens with zero attached hydrogens (tertiary/aromatic N) is 4. The lowest BCUT2D eigenvalue weighted by atomic mass is 9.87.